The molecule has 1 aliphatic carbocycles. The standard InChI is InChI=1S/C10H8BrFO3/c11-5-1-2-6(12)8(13)7(5)10(3-4-10)9(14)15/h1-2,13H,3-4H2,(H,14,15). The van der Waals surface area contributed by atoms with Gasteiger partial charge in [0.2, 0.25) is 0 Å². The molecule has 3 nitrogen and oxygen atoms in total. The number of carboxylic acids is 1. The Hall–Kier alpha value is -1.10. The number of carboxylic acid groups (broad SMARTS) is 1. The number of hydrogen-bond acceptors (Lipinski definition) is 2. The smallest absolute Gasteiger partial charge is 0.314 e. The molecule has 0 atom stereocenters. The maximum absolute atomic E-state index is 13.1. The summed E-state index contributed by atoms with van der Waals surface area (Å²) in [4.78, 5) is 11.0. The van der Waals surface area contributed by atoms with E-state index >= 15 is 0 Å². The van der Waals surface area contributed by atoms with Crippen LogP contribution in [0.15, 0.2) is 16.6 Å². The van der Waals surface area contributed by atoms with Crippen LogP contribution >= 0.6 is 15.9 Å². The first-order valence-electron chi connectivity index (χ1n) is 4.40. The summed E-state index contributed by atoms with van der Waals surface area (Å²) in [6, 6.07) is 2.51. The van der Waals surface area contributed by atoms with Crippen molar-refractivity contribution in [2.24, 2.45) is 0 Å². The van der Waals surface area contributed by atoms with Crippen molar-refractivity contribution in [1.29, 1.82) is 0 Å². The van der Waals surface area contributed by atoms with Crippen molar-refractivity contribution in [2.45, 2.75) is 18.3 Å². The van der Waals surface area contributed by atoms with Gasteiger partial charge in [0.1, 0.15) is 0 Å². The van der Waals surface area contributed by atoms with Gasteiger partial charge in [0.15, 0.2) is 11.6 Å². The van der Waals surface area contributed by atoms with E-state index < -0.39 is 23.0 Å². The summed E-state index contributed by atoms with van der Waals surface area (Å²) in [7, 11) is 0. The lowest BCUT2D eigenvalue weighted by molar-refractivity contribution is -0.140. The third-order valence-electron chi connectivity index (χ3n) is 2.72. The molecule has 1 saturated carbocycles. The number of carbonyl (C=O) groups is 1. The van der Waals surface area contributed by atoms with Gasteiger partial charge in [-0.25, -0.2) is 4.39 Å². The fourth-order valence-corrected chi connectivity index (χ4v) is 2.39. The third-order valence-corrected chi connectivity index (χ3v) is 3.38. The molecule has 0 amide bonds. The minimum Gasteiger partial charge on any atom is -0.505 e. The van der Waals surface area contributed by atoms with Gasteiger partial charge in [0.05, 0.1) is 5.41 Å². The second kappa shape index (κ2) is 3.20. The van der Waals surface area contributed by atoms with Gasteiger partial charge < -0.3 is 10.2 Å². The number of rotatable bonds is 2. The Labute approximate surface area is 93.7 Å². The van der Waals surface area contributed by atoms with Gasteiger partial charge in [0.25, 0.3) is 0 Å². The quantitative estimate of drug-likeness (QED) is 0.871. The molecule has 0 saturated heterocycles. The molecule has 0 aliphatic heterocycles. The molecule has 1 aromatic rings. The Morgan fingerprint density at radius 2 is 2.07 bits per heavy atom. The van der Waals surface area contributed by atoms with E-state index in [2.05, 4.69) is 15.9 Å². The minimum atomic E-state index is -1.11. The lowest BCUT2D eigenvalue weighted by Crippen LogP contribution is -2.20. The number of aromatic hydroxyl groups is 1. The first-order chi connectivity index (χ1) is 6.99. The van der Waals surface area contributed by atoms with E-state index in [1.165, 1.54) is 6.07 Å². The first kappa shape index (κ1) is 10.4. The van der Waals surface area contributed by atoms with Gasteiger partial charge >= 0.3 is 5.97 Å². The molecule has 0 radical (unpaired) electrons. The highest BCUT2D eigenvalue weighted by Crippen LogP contribution is 2.54. The van der Waals surface area contributed by atoms with Crippen LogP contribution < -0.4 is 0 Å². The van der Waals surface area contributed by atoms with Gasteiger partial charge in [-0.2, -0.15) is 0 Å². The summed E-state index contributed by atoms with van der Waals surface area (Å²) < 4.78 is 13.5. The second-order valence-corrected chi connectivity index (χ2v) is 4.49. The Morgan fingerprint density at radius 3 is 2.53 bits per heavy atom. The Balaban J connectivity index is 2.62. The summed E-state index contributed by atoms with van der Waals surface area (Å²) in [6.45, 7) is 0. The molecule has 0 spiro atoms. The van der Waals surface area contributed by atoms with Crippen LogP contribution in [0.5, 0.6) is 5.75 Å². The van der Waals surface area contributed by atoms with Crippen LogP contribution in [0.1, 0.15) is 18.4 Å². The van der Waals surface area contributed by atoms with Gasteiger partial charge in [-0.1, -0.05) is 15.9 Å². The number of phenolic OH excluding ortho intramolecular Hbond substituents is 1. The van der Waals surface area contributed by atoms with Gasteiger partial charge in [0, 0.05) is 10.0 Å². The van der Waals surface area contributed by atoms with Crippen molar-refractivity contribution in [2.75, 3.05) is 0 Å². The highest BCUT2D eigenvalue weighted by Gasteiger charge is 2.54. The molecule has 5 heteroatoms. The van der Waals surface area contributed by atoms with Crippen LogP contribution in [0.4, 0.5) is 4.39 Å². The summed E-state index contributed by atoms with van der Waals surface area (Å²) in [5.74, 6) is -2.38. The topological polar surface area (TPSA) is 57.5 Å². The van der Waals surface area contributed by atoms with Crippen molar-refractivity contribution < 1.29 is 19.4 Å². The molecule has 2 rings (SSSR count). The van der Waals surface area contributed by atoms with Gasteiger partial charge in [-0.15, -0.1) is 0 Å². The zero-order valence-electron chi connectivity index (χ0n) is 7.63. The first-order valence-corrected chi connectivity index (χ1v) is 5.19. The molecule has 0 unspecified atom stereocenters. The monoisotopic (exact) mass is 274 g/mol. The van der Waals surface area contributed by atoms with Crippen LogP contribution in [0, 0.1) is 5.82 Å². The lowest BCUT2D eigenvalue weighted by Gasteiger charge is -2.14. The minimum absolute atomic E-state index is 0.148. The normalized spacial score (nSPS) is 17.5. The molecular weight excluding hydrogens is 267 g/mol. The van der Waals surface area contributed by atoms with Crippen LogP contribution in [-0.4, -0.2) is 16.2 Å². The molecule has 0 bridgehead atoms. The van der Waals surface area contributed by atoms with Crippen molar-refractivity contribution in [3.05, 3.63) is 28.0 Å². The predicted octanol–water partition coefficient (Wildman–Crippen LogP) is 2.41. The number of hydrogen-bond donors (Lipinski definition) is 2. The number of aliphatic carboxylic acids is 1. The van der Waals surface area contributed by atoms with Crippen molar-refractivity contribution in [3.8, 4) is 5.75 Å². The largest absolute Gasteiger partial charge is 0.505 e. The van der Waals surface area contributed by atoms with Gasteiger partial charge in [-0.3, -0.25) is 4.79 Å². The molecule has 0 aromatic heterocycles. The van der Waals surface area contributed by atoms with E-state index in [-0.39, 0.29) is 5.56 Å². The van der Waals surface area contributed by atoms with E-state index in [1.807, 2.05) is 0 Å². The summed E-state index contributed by atoms with van der Waals surface area (Å²) >= 11 is 3.14. The molecular formula is C10H8BrFO3. The summed E-state index contributed by atoms with van der Waals surface area (Å²) in [5, 5.41) is 18.6. The van der Waals surface area contributed by atoms with E-state index in [0.717, 1.165) is 6.07 Å². The van der Waals surface area contributed by atoms with Crippen LogP contribution in [0.25, 0.3) is 0 Å². The van der Waals surface area contributed by atoms with Crippen LogP contribution in [-0.2, 0) is 10.2 Å². The zero-order chi connectivity index (χ0) is 11.2. The molecule has 1 aromatic carbocycles. The van der Waals surface area contributed by atoms with Crippen molar-refractivity contribution in [1.82, 2.24) is 0 Å². The number of benzene rings is 1. The maximum atomic E-state index is 13.1. The molecule has 0 heterocycles. The lowest BCUT2D eigenvalue weighted by atomic mass is 9.95. The average molecular weight is 275 g/mol. The molecule has 2 N–H and O–H groups in total. The average Bonchev–Trinajstić information content (AvgIpc) is 2.93. The Kier molecular flexibility index (Phi) is 2.22. The van der Waals surface area contributed by atoms with Crippen molar-refractivity contribution >= 4 is 21.9 Å². The fraction of sp³-hybridized carbons (Fsp3) is 0.300. The second-order valence-electron chi connectivity index (χ2n) is 3.64. The highest BCUT2D eigenvalue weighted by molar-refractivity contribution is 9.10. The molecule has 15 heavy (non-hydrogen) atoms. The molecule has 1 fully saturated rings. The Morgan fingerprint density at radius 1 is 1.47 bits per heavy atom. The van der Waals surface area contributed by atoms with Crippen LogP contribution in [0.3, 0.4) is 0 Å². The SMILES string of the molecule is O=C(O)C1(c2c(Br)ccc(F)c2O)CC1. The third kappa shape index (κ3) is 1.42. The predicted molar refractivity (Wildman–Crippen MR) is 54.3 cm³/mol. The summed E-state index contributed by atoms with van der Waals surface area (Å²) in [6.07, 6.45) is 0.857. The Bertz CT molecular complexity index is 441. The fourth-order valence-electron chi connectivity index (χ4n) is 1.69. The van der Waals surface area contributed by atoms with E-state index in [0.29, 0.717) is 17.3 Å². The van der Waals surface area contributed by atoms with Crippen molar-refractivity contribution in [3.63, 3.8) is 0 Å². The zero-order valence-corrected chi connectivity index (χ0v) is 9.21. The van der Waals surface area contributed by atoms with E-state index in [1.54, 1.807) is 0 Å². The van der Waals surface area contributed by atoms with Crippen LogP contribution in [0.2, 0.25) is 0 Å². The molecule has 80 valence electrons. The van der Waals surface area contributed by atoms with Gasteiger partial charge in [-0.05, 0) is 25.0 Å². The van der Waals surface area contributed by atoms with E-state index in [9.17, 15) is 14.3 Å². The maximum Gasteiger partial charge on any atom is 0.314 e. The highest BCUT2D eigenvalue weighted by atomic mass is 79.9. The van der Waals surface area contributed by atoms with E-state index in [4.69, 9.17) is 5.11 Å². The molecule has 1 aliphatic rings. The number of phenols is 1. The summed E-state index contributed by atoms with van der Waals surface area (Å²) in [5.41, 5.74) is -0.958. The number of halogens is 2.